The summed E-state index contributed by atoms with van der Waals surface area (Å²) in [4.78, 5) is 0. The van der Waals surface area contributed by atoms with E-state index in [0.717, 1.165) is 18.9 Å². The van der Waals surface area contributed by atoms with Gasteiger partial charge >= 0.3 is 0 Å². The van der Waals surface area contributed by atoms with Gasteiger partial charge in [-0.3, -0.25) is 0 Å². The lowest BCUT2D eigenvalue weighted by atomic mass is 9.75. The van der Waals surface area contributed by atoms with Crippen molar-refractivity contribution in [1.29, 1.82) is 0 Å². The number of rotatable bonds is 4. The average molecular weight is 247 g/mol. The molecule has 0 spiro atoms. The third-order valence-electron chi connectivity index (χ3n) is 4.28. The lowest BCUT2D eigenvalue weighted by Gasteiger charge is -2.36. The summed E-state index contributed by atoms with van der Waals surface area (Å²) >= 11 is 0. The molecule has 100 valence electrons. The lowest BCUT2D eigenvalue weighted by molar-refractivity contribution is 0.104. The van der Waals surface area contributed by atoms with Crippen molar-refractivity contribution in [2.24, 2.45) is 11.1 Å². The van der Waals surface area contributed by atoms with Crippen LogP contribution in [0.5, 0.6) is 5.75 Å². The molecule has 1 fully saturated rings. The highest BCUT2D eigenvalue weighted by Gasteiger charge is 2.31. The third kappa shape index (κ3) is 2.86. The minimum absolute atomic E-state index is 0.215. The van der Waals surface area contributed by atoms with E-state index in [-0.39, 0.29) is 5.41 Å². The average Bonchev–Trinajstić information content (AvgIpc) is 2.39. The highest BCUT2D eigenvalue weighted by atomic mass is 16.5. The van der Waals surface area contributed by atoms with Crippen LogP contribution in [0.1, 0.15) is 43.2 Å². The van der Waals surface area contributed by atoms with Crippen molar-refractivity contribution in [3.8, 4) is 5.75 Å². The Hall–Kier alpha value is -1.02. The predicted octanol–water partition coefficient (Wildman–Crippen LogP) is 3.59. The second kappa shape index (κ2) is 5.75. The van der Waals surface area contributed by atoms with Crippen molar-refractivity contribution in [2.75, 3.05) is 13.2 Å². The fourth-order valence-electron chi connectivity index (χ4n) is 2.96. The molecule has 0 aromatic heterocycles. The summed E-state index contributed by atoms with van der Waals surface area (Å²) < 4.78 is 6.12. The SMILES string of the molecule is Cc1cccc(C)c1OCC1(CN)CCCCC1. The highest BCUT2D eigenvalue weighted by Crippen LogP contribution is 2.36. The Kier molecular flexibility index (Phi) is 4.28. The largest absolute Gasteiger partial charge is 0.492 e. The number of benzene rings is 1. The molecule has 1 aromatic carbocycles. The van der Waals surface area contributed by atoms with Gasteiger partial charge in [-0.1, -0.05) is 37.5 Å². The summed E-state index contributed by atoms with van der Waals surface area (Å²) in [6, 6.07) is 6.30. The van der Waals surface area contributed by atoms with E-state index in [4.69, 9.17) is 10.5 Å². The van der Waals surface area contributed by atoms with Crippen LogP contribution < -0.4 is 10.5 Å². The van der Waals surface area contributed by atoms with Gasteiger partial charge in [0.15, 0.2) is 0 Å². The van der Waals surface area contributed by atoms with Gasteiger partial charge in [-0.05, 0) is 37.8 Å². The van der Waals surface area contributed by atoms with Gasteiger partial charge < -0.3 is 10.5 Å². The van der Waals surface area contributed by atoms with Crippen LogP contribution in [0.2, 0.25) is 0 Å². The first kappa shape index (κ1) is 13.4. The van der Waals surface area contributed by atoms with Crippen molar-refractivity contribution >= 4 is 0 Å². The van der Waals surface area contributed by atoms with E-state index in [0.29, 0.717) is 0 Å². The molecule has 0 aliphatic heterocycles. The van der Waals surface area contributed by atoms with Crippen LogP contribution in [0.4, 0.5) is 0 Å². The van der Waals surface area contributed by atoms with Gasteiger partial charge in [-0.15, -0.1) is 0 Å². The summed E-state index contributed by atoms with van der Waals surface area (Å²) in [5, 5.41) is 0. The topological polar surface area (TPSA) is 35.2 Å². The second-order valence-electron chi connectivity index (χ2n) is 5.77. The summed E-state index contributed by atoms with van der Waals surface area (Å²) in [5.41, 5.74) is 8.65. The molecule has 0 radical (unpaired) electrons. The van der Waals surface area contributed by atoms with Gasteiger partial charge in [0.05, 0.1) is 6.61 Å². The van der Waals surface area contributed by atoms with E-state index < -0.39 is 0 Å². The summed E-state index contributed by atoms with van der Waals surface area (Å²) in [6.07, 6.45) is 6.38. The maximum absolute atomic E-state index is 6.12. The molecule has 0 atom stereocenters. The summed E-state index contributed by atoms with van der Waals surface area (Å²) in [5.74, 6) is 1.05. The van der Waals surface area contributed by atoms with Crippen molar-refractivity contribution in [2.45, 2.75) is 46.0 Å². The molecule has 2 nitrogen and oxygen atoms in total. The molecule has 0 unspecified atom stereocenters. The van der Waals surface area contributed by atoms with Gasteiger partial charge in [0.1, 0.15) is 5.75 Å². The van der Waals surface area contributed by atoms with Gasteiger partial charge in [0, 0.05) is 12.0 Å². The molecule has 2 rings (SSSR count). The van der Waals surface area contributed by atoms with Crippen molar-refractivity contribution in [3.05, 3.63) is 29.3 Å². The normalized spacial score (nSPS) is 18.6. The van der Waals surface area contributed by atoms with E-state index >= 15 is 0 Å². The number of aryl methyl sites for hydroxylation is 2. The van der Waals surface area contributed by atoms with E-state index in [1.165, 1.54) is 43.2 Å². The summed E-state index contributed by atoms with van der Waals surface area (Å²) in [7, 11) is 0. The molecule has 0 heterocycles. The molecule has 0 amide bonds. The standard InChI is InChI=1S/C16H25NO/c1-13-7-6-8-14(2)15(13)18-12-16(11-17)9-4-3-5-10-16/h6-8H,3-5,9-12,17H2,1-2H3. The Morgan fingerprint density at radius 3 is 2.28 bits per heavy atom. The Morgan fingerprint density at radius 1 is 1.11 bits per heavy atom. The molecule has 1 saturated carbocycles. The van der Waals surface area contributed by atoms with Crippen LogP contribution in [0, 0.1) is 19.3 Å². The van der Waals surface area contributed by atoms with Crippen LogP contribution in [-0.2, 0) is 0 Å². The van der Waals surface area contributed by atoms with Crippen molar-refractivity contribution < 1.29 is 4.74 Å². The van der Waals surface area contributed by atoms with Crippen molar-refractivity contribution in [3.63, 3.8) is 0 Å². The quantitative estimate of drug-likeness (QED) is 0.882. The first-order chi connectivity index (χ1) is 8.67. The Bertz CT molecular complexity index is 374. The molecular weight excluding hydrogens is 222 g/mol. The molecule has 2 heteroatoms. The van der Waals surface area contributed by atoms with Gasteiger partial charge in [-0.2, -0.15) is 0 Å². The third-order valence-corrected chi connectivity index (χ3v) is 4.28. The molecule has 0 bridgehead atoms. The minimum Gasteiger partial charge on any atom is -0.492 e. The van der Waals surface area contributed by atoms with E-state index in [9.17, 15) is 0 Å². The van der Waals surface area contributed by atoms with Crippen molar-refractivity contribution in [1.82, 2.24) is 0 Å². The Balaban J connectivity index is 2.05. The highest BCUT2D eigenvalue weighted by molar-refractivity contribution is 5.39. The van der Waals surface area contributed by atoms with Crippen LogP contribution >= 0.6 is 0 Å². The molecular formula is C16H25NO. The Morgan fingerprint density at radius 2 is 1.72 bits per heavy atom. The molecule has 0 saturated heterocycles. The maximum atomic E-state index is 6.12. The first-order valence-electron chi connectivity index (χ1n) is 7.06. The fourth-order valence-corrected chi connectivity index (χ4v) is 2.96. The second-order valence-corrected chi connectivity index (χ2v) is 5.77. The predicted molar refractivity (Wildman–Crippen MR) is 76.0 cm³/mol. The molecule has 18 heavy (non-hydrogen) atoms. The maximum Gasteiger partial charge on any atom is 0.125 e. The first-order valence-corrected chi connectivity index (χ1v) is 7.06. The smallest absolute Gasteiger partial charge is 0.125 e. The van der Waals surface area contributed by atoms with Crippen LogP contribution in [0.3, 0.4) is 0 Å². The number of hydrogen-bond acceptors (Lipinski definition) is 2. The van der Waals surface area contributed by atoms with Crippen LogP contribution in [0.25, 0.3) is 0 Å². The number of nitrogens with two attached hydrogens (primary N) is 1. The number of ether oxygens (including phenoxy) is 1. The van der Waals surface area contributed by atoms with Crippen LogP contribution in [-0.4, -0.2) is 13.2 Å². The number of para-hydroxylation sites is 1. The van der Waals surface area contributed by atoms with Gasteiger partial charge in [-0.25, -0.2) is 0 Å². The number of hydrogen-bond donors (Lipinski definition) is 1. The lowest BCUT2D eigenvalue weighted by Crippen LogP contribution is -2.38. The zero-order chi connectivity index (χ0) is 13.0. The molecule has 1 aliphatic rings. The molecule has 1 aliphatic carbocycles. The van der Waals surface area contributed by atoms with Crippen LogP contribution in [0.15, 0.2) is 18.2 Å². The minimum atomic E-state index is 0.215. The monoisotopic (exact) mass is 247 g/mol. The zero-order valence-electron chi connectivity index (χ0n) is 11.7. The van der Waals surface area contributed by atoms with Gasteiger partial charge in [0.25, 0.3) is 0 Å². The van der Waals surface area contributed by atoms with E-state index in [1.54, 1.807) is 0 Å². The Labute approximate surface area is 111 Å². The summed E-state index contributed by atoms with van der Waals surface area (Å²) in [6.45, 7) is 5.74. The zero-order valence-corrected chi connectivity index (χ0v) is 11.7. The fraction of sp³-hybridized carbons (Fsp3) is 0.625. The molecule has 1 aromatic rings. The molecule has 2 N–H and O–H groups in total. The van der Waals surface area contributed by atoms with E-state index in [1.807, 2.05) is 0 Å². The van der Waals surface area contributed by atoms with E-state index in [2.05, 4.69) is 32.0 Å². The van der Waals surface area contributed by atoms with Gasteiger partial charge in [0.2, 0.25) is 0 Å².